The van der Waals surface area contributed by atoms with Gasteiger partial charge in [0.15, 0.2) is 10.8 Å². The summed E-state index contributed by atoms with van der Waals surface area (Å²) in [7, 11) is 0. The number of nitrogens with zero attached hydrogens (tertiary/aromatic N) is 2. The number of nitrogens with one attached hydrogen (secondary N) is 4. The van der Waals surface area contributed by atoms with Crippen LogP contribution < -0.4 is 16.2 Å². The van der Waals surface area contributed by atoms with Crippen molar-refractivity contribution in [2.45, 2.75) is 26.8 Å². The summed E-state index contributed by atoms with van der Waals surface area (Å²) >= 11 is 1.54. The molecule has 8 heteroatoms. The summed E-state index contributed by atoms with van der Waals surface area (Å²) in [5.41, 5.74) is 10.9. The normalized spacial score (nSPS) is 17.6. The lowest BCUT2D eigenvalue weighted by Crippen LogP contribution is -2.26. The maximum absolute atomic E-state index is 11.3. The molecule has 0 saturated heterocycles. The van der Waals surface area contributed by atoms with Crippen molar-refractivity contribution in [2.24, 2.45) is 0 Å². The van der Waals surface area contributed by atoms with Crippen LogP contribution >= 0.6 is 11.3 Å². The largest absolute Gasteiger partial charge is 0.340 e. The Morgan fingerprint density at radius 1 is 1.44 bits per heavy atom. The molecule has 130 valence electrons. The number of aryl methyl sites for hydroxylation is 1. The second kappa shape index (κ2) is 7.04. The van der Waals surface area contributed by atoms with Crippen molar-refractivity contribution in [1.82, 2.24) is 31.1 Å². The number of carbonyl (C=O) groups is 1. The smallest absolute Gasteiger partial charge is 0.221 e. The summed E-state index contributed by atoms with van der Waals surface area (Å²) in [5, 5.41) is 5.61. The number of H-pyrrole nitrogens is 1. The minimum absolute atomic E-state index is 0.121. The van der Waals surface area contributed by atoms with Crippen molar-refractivity contribution in [3.8, 4) is 10.8 Å². The van der Waals surface area contributed by atoms with Crippen LogP contribution in [0.1, 0.15) is 31.3 Å². The molecule has 0 radical (unpaired) electrons. The second-order valence-electron chi connectivity index (χ2n) is 5.76. The van der Waals surface area contributed by atoms with E-state index >= 15 is 0 Å². The van der Waals surface area contributed by atoms with Gasteiger partial charge in [-0.25, -0.2) is 15.4 Å². The van der Waals surface area contributed by atoms with Crippen molar-refractivity contribution in [3.05, 3.63) is 58.7 Å². The topological polar surface area (TPSA) is 94.7 Å². The molecule has 2 aromatic rings. The first-order valence-electron chi connectivity index (χ1n) is 7.79. The van der Waals surface area contributed by atoms with E-state index in [2.05, 4.69) is 32.7 Å². The fraction of sp³-hybridized carbons (Fsp3) is 0.235. The summed E-state index contributed by atoms with van der Waals surface area (Å²) in [6, 6.07) is -0.121. The SMILES string of the molecule is C=C/C(=C\C1=C(C)NNC1c1csc(-c2ncc(C)[nH]2)n1)NC(C)=O. The Bertz CT molecular complexity index is 875. The summed E-state index contributed by atoms with van der Waals surface area (Å²) in [4.78, 5) is 23.5. The molecule has 3 rings (SSSR count). The lowest BCUT2D eigenvalue weighted by atomic mass is 10.0. The van der Waals surface area contributed by atoms with E-state index in [1.54, 1.807) is 12.3 Å². The maximum Gasteiger partial charge on any atom is 0.221 e. The highest BCUT2D eigenvalue weighted by Crippen LogP contribution is 2.32. The quantitative estimate of drug-likeness (QED) is 0.618. The first-order valence-corrected chi connectivity index (χ1v) is 8.67. The number of hydrogen-bond donors (Lipinski definition) is 4. The molecular weight excluding hydrogens is 336 g/mol. The zero-order valence-corrected chi connectivity index (χ0v) is 15.1. The molecule has 25 heavy (non-hydrogen) atoms. The molecule has 0 spiro atoms. The van der Waals surface area contributed by atoms with Gasteiger partial charge in [0.2, 0.25) is 5.91 Å². The van der Waals surface area contributed by atoms with Crippen molar-refractivity contribution < 1.29 is 4.79 Å². The molecule has 1 aliphatic heterocycles. The molecule has 0 bridgehead atoms. The van der Waals surface area contributed by atoms with E-state index in [-0.39, 0.29) is 11.9 Å². The monoisotopic (exact) mass is 356 g/mol. The van der Waals surface area contributed by atoms with Crippen LogP contribution in [0.4, 0.5) is 0 Å². The van der Waals surface area contributed by atoms with Crippen molar-refractivity contribution in [2.75, 3.05) is 0 Å². The molecule has 0 aromatic carbocycles. The van der Waals surface area contributed by atoms with Crippen LogP contribution in [0.3, 0.4) is 0 Å². The number of imidazole rings is 1. The van der Waals surface area contributed by atoms with Gasteiger partial charge in [-0.05, 0) is 31.6 Å². The van der Waals surface area contributed by atoms with Crippen molar-refractivity contribution >= 4 is 17.2 Å². The number of aromatic nitrogens is 3. The van der Waals surface area contributed by atoms with Crippen LogP contribution in [-0.2, 0) is 4.79 Å². The van der Waals surface area contributed by atoms with Crippen LogP contribution in [-0.4, -0.2) is 20.9 Å². The number of amides is 1. The molecule has 2 aromatic heterocycles. The zero-order chi connectivity index (χ0) is 18.0. The lowest BCUT2D eigenvalue weighted by Gasteiger charge is -2.11. The average molecular weight is 356 g/mol. The second-order valence-corrected chi connectivity index (χ2v) is 6.62. The first-order chi connectivity index (χ1) is 12.0. The fourth-order valence-electron chi connectivity index (χ4n) is 2.54. The Morgan fingerprint density at radius 3 is 2.88 bits per heavy atom. The van der Waals surface area contributed by atoms with E-state index in [1.807, 2.05) is 25.3 Å². The van der Waals surface area contributed by atoms with E-state index in [9.17, 15) is 4.79 Å². The maximum atomic E-state index is 11.3. The van der Waals surface area contributed by atoms with Crippen LogP contribution in [0.5, 0.6) is 0 Å². The Balaban J connectivity index is 1.89. The van der Waals surface area contributed by atoms with E-state index in [4.69, 9.17) is 4.98 Å². The van der Waals surface area contributed by atoms with E-state index in [0.29, 0.717) is 5.70 Å². The molecule has 1 amide bonds. The molecule has 1 aliphatic rings. The lowest BCUT2D eigenvalue weighted by molar-refractivity contribution is -0.118. The van der Waals surface area contributed by atoms with Gasteiger partial charge in [-0.2, -0.15) is 0 Å². The van der Waals surface area contributed by atoms with Gasteiger partial charge in [0.1, 0.15) is 0 Å². The Hall–Kier alpha value is -2.71. The highest BCUT2D eigenvalue weighted by Gasteiger charge is 2.26. The average Bonchev–Trinajstić information content (AvgIpc) is 3.27. The van der Waals surface area contributed by atoms with Crippen LogP contribution in [0, 0.1) is 6.92 Å². The molecule has 4 N–H and O–H groups in total. The Labute approximate surface area is 149 Å². The van der Waals surface area contributed by atoms with E-state index < -0.39 is 0 Å². The molecule has 0 fully saturated rings. The number of hydrazine groups is 1. The number of allylic oxidation sites excluding steroid dienone is 2. The summed E-state index contributed by atoms with van der Waals surface area (Å²) < 4.78 is 0. The Morgan fingerprint density at radius 2 is 2.24 bits per heavy atom. The Kier molecular flexibility index (Phi) is 4.82. The zero-order valence-electron chi connectivity index (χ0n) is 14.3. The third-order valence-electron chi connectivity index (χ3n) is 3.72. The number of thiazole rings is 1. The first kappa shape index (κ1) is 17.1. The summed E-state index contributed by atoms with van der Waals surface area (Å²) in [6.07, 6.45) is 5.31. The highest BCUT2D eigenvalue weighted by atomic mass is 32.1. The third-order valence-corrected chi connectivity index (χ3v) is 4.59. The van der Waals surface area contributed by atoms with Gasteiger partial charge in [-0.1, -0.05) is 6.58 Å². The standard InChI is InChI=1S/C17H20N6OS/c1-5-12(20-11(4)24)6-13-10(3)22-23-15(13)14-8-25-17(21-14)16-18-7-9(2)19-16/h5-8,15,22-23H,1H2,2-4H3,(H,18,19)(H,20,24)/b12-6+. The molecule has 0 saturated carbocycles. The van der Waals surface area contributed by atoms with Gasteiger partial charge < -0.3 is 15.7 Å². The van der Waals surface area contributed by atoms with E-state index in [0.717, 1.165) is 33.5 Å². The van der Waals surface area contributed by atoms with Gasteiger partial charge in [0.25, 0.3) is 0 Å². The molecule has 3 heterocycles. The fourth-order valence-corrected chi connectivity index (χ4v) is 3.33. The van der Waals surface area contributed by atoms with Gasteiger partial charge in [-0.3, -0.25) is 4.79 Å². The molecule has 0 aliphatic carbocycles. The molecule has 1 atom stereocenters. The molecule has 1 unspecified atom stereocenters. The number of rotatable bonds is 5. The van der Waals surface area contributed by atoms with Gasteiger partial charge in [0.05, 0.1) is 11.7 Å². The summed E-state index contributed by atoms with van der Waals surface area (Å²) in [6.45, 7) is 9.15. The minimum atomic E-state index is -0.135. The van der Waals surface area contributed by atoms with Crippen LogP contribution in [0.25, 0.3) is 10.8 Å². The van der Waals surface area contributed by atoms with Gasteiger partial charge in [-0.15, -0.1) is 11.3 Å². The predicted octanol–water partition coefficient (Wildman–Crippen LogP) is 2.47. The minimum Gasteiger partial charge on any atom is -0.340 e. The summed E-state index contributed by atoms with van der Waals surface area (Å²) in [5.74, 6) is 0.631. The number of aromatic amines is 1. The van der Waals surface area contributed by atoms with Gasteiger partial charge in [0, 0.05) is 35.6 Å². The number of carbonyl (C=O) groups excluding carboxylic acids is 1. The van der Waals surface area contributed by atoms with Crippen molar-refractivity contribution in [3.63, 3.8) is 0 Å². The van der Waals surface area contributed by atoms with Crippen LogP contribution in [0.15, 0.2) is 47.3 Å². The highest BCUT2D eigenvalue weighted by molar-refractivity contribution is 7.13. The van der Waals surface area contributed by atoms with Gasteiger partial charge >= 0.3 is 0 Å². The molecule has 7 nitrogen and oxygen atoms in total. The predicted molar refractivity (Wildman–Crippen MR) is 98.2 cm³/mol. The van der Waals surface area contributed by atoms with Crippen LogP contribution in [0.2, 0.25) is 0 Å². The van der Waals surface area contributed by atoms with Crippen molar-refractivity contribution in [1.29, 1.82) is 0 Å². The van der Waals surface area contributed by atoms with E-state index in [1.165, 1.54) is 18.3 Å². The number of hydrogen-bond acceptors (Lipinski definition) is 6. The third kappa shape index (κ3) is 3.70. The molecular formula is C17H20N6OS.